The number of carbonyl (C=O) groups is 1. The number of hydrogen-bond acceptors (Lipinski definition) is 4. The molecule has 32 heavy (non-hydrogen) atoms. The van der Waals surface area contributed by atoms with Gasteiger partial charge in [0.2, 0.25) is 0 Å². The molecule has 0 spiro atoms. The quantitative estimate of drug-likeness (QED) is 0.561. The Hall–Kier alpha value is -2.08. The minimum Gasteiger partial charge on any atom is -0.489 e. The lowest BCUT2D eigenvalue weighted by atomic mass is 10.1. The van der Waals surface area contributed by atoms with Crippen molar-refractivity contribution in [1.29, 1.82) is 0 Å². The molecule has 1 N–H and O–H groups in total. The highest BCUT2D eigenvalue weighted by Crippen LogP contribution is 2.28. The van der Waals surface area contributed by atoms with Gasteiger partial charge in [-0.25, -0.2) is 0 Å². The molecular formula is C26H34ClN3O2. The molecule has 2 heterocycles. The first-order valence-corrected chi connectivity index (χ1v) is 12.3. The smallest absolute Gasteiger partial charge is 0.251 e. The SMILES string of the molecule is O=C(NCCCN1CCCC1)c1ccc(OC2CCN(Cc3ccccc3)CC2)c(Cl)c1. The minimum atomic E-state index is -0.0749. The zero-order valence-electron chi connectivity index (χ0n) is 18.8. The highest BCUT2D eigenvalue weighted by Gasteiger charge is 2.22. The Morgan fingerprint density at radius 3 is 2.47 bits per heavy atom. The predicted molar refractivity (Wildman–Crippen MR) is 129 cm³/mol. The van der Waals surface area contributed by atoms with Gasteiger partial charge in [-0.3, -0.25) is 9.69 Å². The second-order valence-electron chi connectivity index (χ2n) is 8.88. The van der Waals surface area contributed by atoms with E-state index in [9.17, 15) is 4.79 Å². The van der Waals surface area contributed by atoms with Crippen molar-refractivity contribution in [2.45, 2.75) is 44.8 Å². The fourth-order valence-electron chi connectivity index (χ4n) is 4.56. The van der Waals surface area contributed by atoms with Crippen molar-refractivity contribution >= 4 is 17.5 Å². The van der Waals surface area contributed by atoms with Crippen LogP contribution in [0.25, 0.3) is 0 Å². The van der Waals surface area contributed by atoms with Gasteiger partial charge in [-0.05, 0) is 75.5 Å². The van der Waals surface area contributed by atoms with Crippen LogP contribution in [0.2, 0.25) is 5.02 Å². The van der Waals surface area contributed by atoms with Crippen LogP contribution < -0.4 is 10.1 Å². The summed E-state index contributed by atoms with van der Waals surface area (Å²) < 4.78 is 6.18. The van der Waals surface area contributed by atoms with Crippen molar-refractivity contribution < 1.29 is 9.53 Å². The molecule has 0 aromatic heterocycles. The lowest BCUT2D eigenvalue weighted by molar-refractivity contribution is 0.0949. The number of halogens is 1. The Labute approximate surface area is 196 Å². The average molecular weight is 456 g/mol. The first-order chi connectivity index (χ1) is 15.7. The molecule has 2 saturated heterocycles. The molecule has 0 atom stereocenters. The third kappa shape index (κ3) is 6.71. The average Bonchev–Trinajstić information content (AvgIpc) is 3.33. The first-order valence-electron chi connectivity index (χ1n) is 11.9. The fourth-order valence-corrected chi connectivity index (χ4v) is 4.78. The molecule has 172 valence electrons. The van der Waals surface area contributed by atoms with E-state index in [0.29, 0.717) is 22.9 Å². The Bertz CT molecular complexity index is 863. The van der Waals surface area contributed by atoms with E-state index < -0.39 is 0 Å². The van der Waals surface area contributed by atoms with Gasteiger partial charge in [0.05, 0.1) is 5.02 Å². The molecule has 0 unspecified atom stereocenters. The summed E-state index contributed by atoms with van der Waals surface area (Å²) in [4.78, 5) is 17.4. The number of likely N-dealkylation sites (tertiary alicyclic amines) is 2. The predicted octanol–water partition coefficient (Wildman–Crippen LogP) is 4.60. The number of hydrogen-bond donors (Lipinski definition) is 1. The highest BCUT2D eigenvalue weighted by molar-refractivity contribution is 6.32. The second kappa shape index (κ2) is 11.7. The molecule has 2 aromatic rings. The van der Waals surface area contributed by atoms with Crippen LogP contribution in [0.1, 0.15) is 48.0 Å². The van der Waals surface area contributed by atoms with E-state index in [1.54, 1.807) is 6.07 Å². The van der Waals surface area contributed by atoms with Crippen LogP contribution in [0.5, 0.6) is 5.75 Å². The number of amides is 1. The van der Waals surface area contributed by atoms with Crippen LogP contribution in [0, 0.1) is 0 Å². The maximum atomic E-state index is 12.5. The van der Waals surface area contributed by atoms with E-state index in [1.807, 2.05) is 12.1 Å². The molecule has 4 rings (SSSR count). The number of nitrogens with zero attached hydrogens (tertiary/aromatic N) is 2. The normalized spacial score (nSPS) is 18.0. The van der Waals surface area contributed by atoms with Gasteiger partial charge in [0.1, 0.15) is 11.9 Å². The number of benzene rings is 2. The topological polar surface area (TPSA) is 44.8 Å². The number of ether oxygens (including phenoxy) is 1. The summed E-state index contributed by atoms with van der Waals surface area (Å²) in [6.07, 6.45) is 5.68. The fraction of sp³-hybridized carbons (Fsp3) is 0.500. The van der Waals surface area contributed by atoms with Crippen LogP contribution in [0.3, 0.4) is 0 Å². The largest absolute Gasteiger partial charge is 0.489 e. The number of carbonyl (C=O) groups excluding carboxylic acids is 1. The Balaban J connectivity index is 1.20. The van der Waals surface area contributed by atoms with E-state index in [-0.39, 0.29) is 12.0 Å². The molecule has 0 aliphatic carbocycles. The number of rotatable bonds is 9. The van der Waals surface area contributed by atoms with E-state index in [4.69, 9.17) is 16.3 Å². The van der Waals surface area contributed by atoms with Crippen LogP contribution in [0.4, 0.5) is 0 Å². The molecule has 2 aromatic carbocycles. The zero-order valence-corrected chi connectivity index (χ0v) is 19.5. The van der Waals surface area contributed by atoms with Gasteiger partial charge < -0.3 is 15.0 Å². The molecule has 6 heteroatoms. The van der Waals surface area contributed by atoms with Crippen molar-refractivity contribution in [2.24, 2.45) is 0 Å². The Morgan fingerprint density at radius 1 is 1.00 bits per heavy atom. The molecule has 1 amide bonds. The minimum absolute atomic E-state index is 0.0749. The van der Waals surface area contributed by atoms with Gasteiger partial charge in [0.15, 0.2) is 0 Å². The van der Waals surface area contributed by atoms with Gasteiger partial charge >= 0.3 is 0 Å². The zero-order chi connectivity index (χ0) is 22.2. The first kappa shape index (κ1) is 23.1. The highest BCUT2D eigenvalue weighted by atomic mass is 35.5. The lowest BCUT2D eigenvalue weighted by Crippen LogP contribution is -2.37. The third-order valence-corrected chi connectivity index (χ3v) is 6.70. The summed E-state index contributed by atoms with van der Waals surface area (Å²) in [7, 11) is 0. The van der Waals surface area contributed by atoms with Gasteiger partial charge in [0.25, 0.3) is 5.91 Å². The summed E-state index contributed by atoms with van der Waals surface area (Å²) in [5, 5.41) is 3.51. The van der Waals surface area contributed by atoms with Crippen molar-refractivity contribution in [3.63, 3.8) is 0 Å². The summed E-state index contributed by atoms with van der Waals surface area (Å²) in [6.45, 7) is 7.12. The molecule has 2 fully saturated rings. The van der Waals surface area contributed by atoms with Crippen LogP contribution in [-0.4, -0.2) is 61.1 Å². The van der Waals surface area contributed by atoms with Gasteiger partial charge in [-0.15, -0.1) is 0 Å². The van der Waals surface area contributed by atoms with E-state index >= 15 is 0 Å². The molecule has 0 saturated carbocycles. The monoisotopic (exact) mass is 455 g/mol. The molecular weight excluding hydrogens is 422 g/mol. The van der Waals surface area contributed by atoms with Gasteiger partial charge in [-0.2, -0.15) is 0 Å². The van der Waals surface area contributed by atoms with Crippen LogP contribution in [-0.2, 0) is 6.54 Å². The van der Waals surface area contributed by atoms with Crippen LogP contribution in [0.15, 0.2) is 48.5 Å². The number of nitrogens with one attached hydrogen (secondary N) is 1. The van der Waals surface area contributed by atoms with E-state index in [0.717, 1.165) is 45.4 Å². The standard InChI is InChI=1S/C26H34ClN3O2/c27-24-19-22(26(31)28-13-6-16-29-14-4-5-15-29)9-10-25(24)32-23-11-17-30(18-12-23)20-21-7-2-1-3-8-21/h1-3,7-10,19,23H,4-6,11-18,20H2,(H,28,31). The van der Waals surface area contributed by atoms with Gasteiger partial charge in [0, 0.05) is 31.7 Å². The summed E-state index contributed by atoms with van der Waals surface area (Å²) >= 11 is 6.45. The molecule has 2 aliphatic rings. The van der Waals surface area contributed by atoms with Crippen molar-refractivity contribution in [3.05, 3.63) is 64.7 Å². The Morgan fingerprint density at radius 2 is 1.75 bits per heavy atom. The van der Waals surface area contributed by atoms with Gasteiger partial charge in [-0.1, -0.05) is 41.9 Å². The number of piperidine rings is 1. The third-order valence-electron chi connectivity index (χ3n) is 6.41. The lowest BCUT2D eigenvalue weighted by Gasteiger charge is -2.32. The van der Waals surface area contributed by atoms with Crippen LogP contribution >= 0.6 is 11.6 Å². The molecule has 0 bridgehead atoms. The molecule has 0 radical (unpaired) electrons. The maximum Gasteiger partial charge on any atom is 0.251 e. The molecule has 2 aliphatic heterocycles. The second-order valence-corrected chi connectivity index (χ2v) is 9.29. The maximum absolute atomic E-state index is 12.5. The summed E-state index contributed by atoms with van der Waals surface area (Å²) in [6, 6.07) is 15.9. The van der Waals surface area contributed by atoms with E-state index in [2.05, 4.69) is 45.4 Å². The Kier molecular flexibility index (Phi) is 8.43. The van der Waals surface area contributed by atoms with Crippen molar-refractivity contribution in [1.82, 2.24) is 15.1 Å². The van der Waals surface area contributed by atoms with E-state index in [1.165, 1.54) is 31.5 Å². The molecule has 5 nitrogen and oxygen atoms in total. The summed E-state index contributed by atoms with van der Waals surface area (Å²) in [5.74, 6) is 0.591. The summed E-state index contributed by atoms with van der Waals surface area (Å²) in [5.41, 5.74) is 1.93. The van der Waals surface area contributed by atoms with Crippen molar-refractivity contribution in [3.8, 4) is 5.75 Å². The van der Waals surface area contributed by atoms with Crippen molar-refractivity contribution in [2.75, 3.05) is 39.3 Å².